The zero-order chi connectivity index (χ0) is 13.7. The highest BCUT2D eigenvalue weighted by atomic mass is 79.9. The summed E-state index contributed by atoms with van der Waals surface area (Å²) in [5, 5.41) is 8.16. The van der Waals surface area contributed by atoms with Crippen LogP contribution in [-0.4, -0.2) is 18.8 Å². The van der Waals surface area contributed by atoms with Crippen molar-refractivity contribution in [2.24, 2.45) is 0 Å². The maximum absolute atomic E-state index is 6.25. The van der Waals surface area contributed by atoms with Gasteiger partial charge in [-0.1, -0.05) is 19.8 Å². The molecule has 1 aliphatic carbocycles. The maximum Gasteiger partial charge on any atom is 0.0876 e. The lowest BCUT2D eigenvalue weighted by Gasteiger charge is -2.38. The number of rotatable bonds is 7. The zero-order valence-corrected chi connectivity index (χ0v) is 14.3. The Morgan fingerprint density at radius 3 is 2.63 bits per heavy atom. The first-order valence-corrected chi connectivity index (χ1v) is 9.06. The van der Waals surface area contributed by atoms with Gasteiger partial charge in [0.1, 0.15) is 0 Å². The molecule has 2 rings (SSSR count). The van der Waals surface area contributed by atoms with Gasteiger partial charge in [-0.15, -0.1) is 0 Å². The van der Waals surface area contributed by atoms with E-state index in [1.54, 1.807) is 11.3 Å². The van der Waals surface area contributed by atoms with Crippen molar-refractivity contribution in [3.8, 4) is 0 Å². The van der Waals surface area contributed by atoms with Crippen LogP contribution in [0.1, 0.15) is 57.6 Å². The summed E-state index contributed by atoms with van der Waals surface area (Å²) in [7, 11) is 0. The molecule has 108 valence electrons. The van der Waals surface area contributed by atoms with Crippen LogP contribution in [0.5, 0.6) is 0 Å². The van der Waals surface area contributed by atoms with Gasteiger partial charge in [-0.05, 0) is 59.6 Å². The Kier molecular flexibility index (Phi) is 5.87. The van der Waals surface area contributed by atoms with Crippen LogP contribution in [0.25, 0.3) is 0 Å². The highest BCUT2D eigenvalue weighted by Crippen LogP contribution is 2.45. The van der Waals surface area contributed by atoms with Crippen molar-refractivity contribution < 1.29 is 4.74 Å². The summed E-state index contributed by atoms with van der Waals surface area (Å²) in [4.78, 5) is 0. The molecule has 0 spiro atoms. The molecule has 2 nitrogen and oxygen atoms in total. The smallest absolute Gasteiger partial charge is 0.0876 e. The second-order valence-corrected chi connectivity index (χ2v) is 6.87. The van der Waals surface area contributed by atoms with Gasteiger partial charge < -0.3 is 10.1 Å². The van der Waals surface area contributed by atoms with Crippen LogP contribution < -0.4 is 5.32 Å². The molecule has 1 aromatic rings. The topological polar surface area (TPSA) is 21.3 Å². The molecular formula is C15H24BrNOS. The molecule has 1 aromatic heterocycles. The van der Waals surface area contributed by atoms with Gasteiger partial charge in [0, 0.05) is 16.5 Å². The first kappa shape index (κ1) is 15.5. The minimum absolute atomic E-state index is 0.00644. The lowest BCUT2D eigenvalue weighted by atomic mass is 9.87. The predicted molar refractivity (Wildman–Crippen MR) is 85.9 cm³/mol. The average Bonchev–Trinajstić information content (AvgIpc) is 3.02. The molecule has 4 heteroatoms. The Labute approximate surface area is 129 Å². The van der Waals surface area contributed by atoms with Crippen molar-refractivity contribution in [3.63, 3.8) is 0 Å². The average molecular weight is 346 g/mol. The van der Waals surface area contributed by atoms with E-state index in [0.717, 1.165) is 19.6 Å². The quantitative estimate of drug-likeness (QED) is 0.758. The fourth-order valence-corrected chi connectivity index (χ4v) is 4.69. The van der Waals surface area contributed by atoms with Gasteiger partial charge in [-0.25, -0.2) is 0 Å². The van der Waals surface area contributed by atoms with Crippen LogP contribution in [0, 0.1) is 0 Å². The SMILES string of the molecule is CCCNC(c1cscc1Br)C1(OCC)CCCC1. The maximum atomic E-state index is 6.25. The summed E-state index contributed by atoms with van der Waals surface area (Å²) in [6.45, 7) is 6.17. The highest BCUT2D eigenvalue weighted by Gasteiger charge is 2.43. The van der Waals surface area contributed by atoms with Crippen LogP contribution in [0.15, 0.2) is 15.2 Å². The van der Waals surface area contributed by atoms with Crippen molar-refractivity contribution in [1.29, 1.82) is 0 Å². The lowest BCUT2D eigenvalue weighted by Crippen LogP contribution is -2.44. The zero-order valence-electron chi connectivity index (χ0n) is 11.9. The number of halogens is 1. The second kappa shape index (κ2) is 7.21. The van der Waals surface area contributed by atoms with Gasteiger partial charge >= 0.3 is 0 Å². The van der Waals surface area contributed by atoms with Crippen LogP contribution in [0.3, 0.4) is 0 Å². The highest BCUT2D eigenvalue weighted by molar-refractivity contribution is 9.10. The van der Waals surface area contributed by atoms with Crippen LogP contribution in [0.4, 0.5) is 0 Å². The van der Waals surface area contributed by atoms with E-state index in [2.05, 4.69) is 45.9 Å². The minimum atomic E-state index is -0.00644. The molecule has 0 radical (unpaired) electrons. The Hall–Kier alpha value is 0.1000. The van der Waals surface area contributed by atoms with E-state index in [1.165, 1.54) is 35.7 Å². The summed E-state index contributed by atoms with van der Waals surface area (Å²) >= 11 is 5.46. The Bertz CT molecular complexity index is 387. The fourth-order valence-electron chi connectivity index (χ4n) is 3.14. The molecule has 0 saturated heterocycles. The van der Waals surface area contributed by atoms with Gasteiger partial charge in [-0.2, -0.15) is 11.3 Å². The molecule has 0 aromatic carbocycles. The van der Waals surface area contributed by atoms with E-state index in [1.807, 2.05) is 0 Å². The van der Waals surface area contributed by atoms with E-state index in [-0.39, 0.29) is 5.60 Å². The van der Waals surface area contributed by atoms with Crippen LogP contribution in [0.2, 0.25) is 0 Å². The molecule has 0 aliphatic heterocycles. The molecule has 1 saturated carbocycles. The number of thiophene rings is 1. The standard InChI is InChI=1S/C15H24BrNOS/c1-3-9-17-14(12-10-19-11-13(12)16)15(18-4-2)7-5-6-8-15/h10-11,14,17H,3-9H2,1-2H3. The summed E-state index contributed by atoms with van der Waals surface area (Å²) in [5.41, 5.74) is 1.36. The first-order chi connectivity index (χ1) is 9.23. The molecule has 1 unspecified atom stereocenters. The van der Waals surface area contributed by atoms with Gasteiger partial charge in [0.2, 0.25) is 0 Å². The van der Waals surface area contributed by atoms with E-state index in [9.17, 15) is 0 Å². The molecule has 1 heterocycles. The minimum Gasteiger partial charge on any atom is -0.373 e. The monoisotopic (exact) mass is 345 g/mol. The van der Waals surface area contributed by atoms with E-state index in [0.29, 0.717) is 6.04 Å². The molecule has 1 atom stereocenters. The van der Waals surface area contributed by atoms with Crippen molar-refractivity contribution in [1.82, 2.24) is 5.32 Å². The van der Waals surface area contributed by atoms with E-state index in [4.69, 9.17) is 4.74 Å². The van der Waals surface area contributed by atoms with Gasteiger partial charge in [0.05, 0.1) is 11.6 Å². The van der Waals surface area contributed by atoms with Crippen molar-refractivity contribution >= 4 is 27.3 Å². The van der Waals surface area contributed by atoms with Crippen molar-refractivity contribution in [2.75, 3.05) is 13.2 Å². The van der Waals surface area contributed by atoms with Gasteiger partial charge in [-0.3, -0.25) is 0 Å². The largest absolute Gasteiger partial charge is 0.373 e. The number of hydrogen-bond donors (Lipinski definition) is 1. The third-order valence-electron chi connectivity index (χ3n) is 3.96. The third-order valence-corrected chi connectivity index (χ3v) is 5.71. The normalized spacial score (nSPS) is 19.7. The van der Waals surface area contributed by atoms with Crippen LogP contribution in [-0.2, 0) is 4.74 Å². The number of nitrogens with one attached hydrogen (secondary N) is 1. The van der Waals surface area contributed by atoms with Crippen molar-refractivity contribution in [3.05, 3.63) is 20.8 Å². The third kappa shape index (κ3) is 3.41. The summed E-state index contributed by atoms with van der Waals surface area (Å²) in [6.07, 6.45) is 6.06. The Morgan fingerprint density at radius 2 is 2.11 bits per heavy atom. The molecule has 1 fully saturated rings. The fraction of sp³-hybridized carbons (Fsp3) is 0.733. The van der Waals surface area contributed by atoms with Gasteiger partial charge in [0.25, 0.3) is 0 Å². The number of ether oxygens (including phenoxy) is 1. The van der Waals surface area contributed by atoms with Crippen molar-refractivity contribution in [2.45, 2.75) is 57.6 Å². The van der Waals surface area contributed by atoms with E-state index < -0.39 is 0 Å². The summed E-state index contributed by atoms with van der Waals surface area (Å²) < 4.78 is 7.47. The van der Waals surface area contributed by atoms with Crippen LogP contribution >= 0.6 is 27.3 Å². The molecule has 0 bridgehead atoms. The molecule has 1 aliphatic rings. The second-order valence-electron chi connectivity index (χ2n) is 5.27. The molecule has 1 N–H and O–H groups in total. The Morgan fingerprint density at radius 1 is 1.37 bits per heavy atom. The first-order valence-electron chi connectivity index (χ1n) is 7.32. The van der Waals surface area contributed by atoms with E-state index >= 15 is 0 Å². The molecule has 19 heavy (non-hydrogen) atoms. The Balaban J connectivity index is 2.27. The summed E-state index contributed by atoms with van der Waals surface area (Å²) in [6, 6.07) is 0.315. The lowest BCUT2D eigenvalue weighted by molar-refractivity contribution is -0.0626. The molecular weight excluding hydrogens is 322 g/mol. The summed E-state index contributed by atoms with van der Waals surface area (Å²) in [5.74, 6) is 0. The molecule has 0 amide bonds. The van der Waals surface area contributed by atoms with Gasteiger partial charge in [0.15, 0.2) is 0 Å². The number of hydrogen-bond acceptors (Lipinski definition) is 3. The predicted octanol–water partition coefficient (Wildman–Crippen LogP) is 4.90.